The lowest BCUT2D eigenvalue weighted by molar-refractivity contribution is 0.318. The summed E-state index contributed by atoms with van der Waals surface area (Å²) in [6.45, 7) is 5.50. The third-order valence-electron chi connectivity index (χ3n) is 4.21. The van der Waals surface area contributed by atoms with Crippen molar-refractivity contribution >= 4 is 28.3 Å². The number of rotatable bonds is 4. The van der Waals surface area contributed by atoms with Gasteiger partial charge < -0.3 is 10.2 Å². The molecule has 1 aromatic rings. The number of benzene rings is 1. The zero-order valence-electron chi connectivity index (χ0n) is 12.9. The molecule has 0 fully saturated rings. The summed E-state index contributed by atoms with van der Waals surface area (Å²) in [6, 6.07) is 8.47. The normalized spacial score (nSPS) is 17.5. The highest BCUT2D eigenvalue weighted by Gasteiger charge is 2.30. The van der Waals surface area contributed by atoms with Gasteiger partial charge in [-0.15, -0.1) is 0 Å². The minimum Gasteiger partial charge on any atom is -0.378 e. The average molecular weight is 291 g/mol. The SMILES string of the molecule is CCC1(CC)CN=C(Nc2ccc(N(C)C)cc2)SC1. The standard InChI is InChI=1S/C16H25N3S/c1-5-16(6-2)11-17-15(20-12-16)18-13-7-9-14(10-8-13)19(3)4/h7-10H,5-6,11-12H2,1-4H3,(H,17,18). The second-order valence-electron chi connectivity index (χ2n) is 5.68. The average Bonchev–Trinajstić information content (AvgIpc) is 2.49. The minimum atomic E-state index is 0.407. The van der Waals surface area contributed by atoms with Crippen molar-refractivity contribution in [3.05, 3.63) is 24.3 Å². The molecule has 1 aliphatic rings. The van der Waals surface area contributed by atoms with E-state index in [1.165, 1.54) is 24.3 Å². The maximum atomic E-state index is 4.74. The van der Waals surface area contributed by atoms with Crippen LogP contribution in [0, 0.1) is 5.41 Å². The molecular weight excluding hydrogens is 266 g/mol. The van der Waals surface area contributed by atoms with Gasteiger partial charge in [-0.25, -0.2) is 0 Å². The van der Waals surface area contributed by atoms with Crippen LogP contribution in [0.4, 0.5) is 11.4 Å². The molecule has 0 amide bonds. The Labute approximate surface area is 126 Å². The molecule has 0 bridgehead atoms. The van der Waals surface area contributed by atoms with Crippen molar-refractivity contribution in [1.82, 2.24) is 0 Å². The molecule has 1 aromatic carbocycles. The van der Waals surface area contributed by atoms with Gasteiger partial charge in [0.05, 0.1) is 0 Å². The molecule has 0 unspecified atom stereocenters. The highest BCUT2D eigenvalue weighted by Crippen LogP contribution is 2.35. The predicted octanol–water partition coefficient (Wildman–Crippen LogP) is 4.07. The highest BCUT2D eigenvalue weighted by atomic mass is 32.2. The summed E-state index contributed by atoms with van der Waals surface area (Å²) in [5.74, 6) is 1.17. The van der Waals surface area contributed by atoms with Crippen LogP contribution in [0.15, 0.2) is 29.3 Å². The highest BCUT2D eigenvalue weighted by molar-refractivity contribution is 8.14. The van der Waals surface area contributed by atoms with Gasteiger partial charge >= 0.3 is 0 Å². The van der Waals surface area contributed by atoms with Crippen LogP contribution in [-0.4, -0.2) is 31.6 Å². The molecule has 1 aliphatic heterocycles. The Balaban J connectivity index is 1.99. The summed E-state index contributed by atoms with van der Waals surface area (Å²) in [7, 11) is 4.11. The number of hydrogen-bond donors (Lipinski definition) is 1. The fraction of sp³-hybridized carbons (Fsp3) is 0.562. The fourth-order valence-corrected chi connectivity index (χ4v) is 3.56. The monoisotopic (exact) mass is 291 g/mol. The van der Waals surface area contributed by atoms with Crippen LogP contribution in [0.25, 0.3) is 0 Å². The third-order valence-corrected chi connectivity index (χ3v) is 5.47. The van der Waals surface area contributed by atoms with Crippen molar-refractivity contribution in [3.8, 4) is 0 Å². The Morgan fingerprint density at radius 2 is 1.85 bits per heavy atom. The van der Waals surface area contributed by atoms with Crippen LogP contribution in [0.3, 0.4) is 0 Å². The first-order valence-corrected chi connectivity index (χ1v) is 8.29. The van der Waals surface area contributed by atoms with Gasteiger partial charge in [0.15, 0.2) is 5.17 Å². The van der Waals surface area contributed by atoms with Gasteiger partial charge in [-0.3, -0.25) is 4.99 Å². The van der Waals surface area contributed by atoms with Crippen LogP contribution in [0.5, 0.6) is 0 Å². The Kier molecular flexibility index (Phi) is 4.97. The molecule has 1 N–H and O–H groups in total. The van der Waals surface area contributed by atoms with E-state index in [0.717, 1.165) is 17.4 Å². The van der Waals surface area contributed by atoms with E-state index in [4.69, 9.17) is 4.99 Å². The van der Waals surface area contributed by atoms with Crippen molar-refractivity contribution in [2.24, 2.45) is 10.4 Å². The van der Waals surface area contributed by atoms with E-state index in [1.807, 2.05) is 11.8 Å². The van der Waals surface area contributed by atoms with Crippen molar-refractivity contribution in [3.63, 3.8) is 0 Å². The lowest BCUT2D eigenvalue weighted by Gasteiger charge is -2.33. The van der Waals surface area contributed by atoms with E-state index in [9.17, 15) is 0 Å². The molecule has 110 valence electrons. The molecule has 0 aliphatic carbocycles. The number of nitrogens with one attached hydrogen (secondary N) is 1. The third kappa shape index (κ3) is 3.48. The van der Waals surface area contributed by atoms with Gasteiger partial charge in [0.2, 0.25) is 0 Å². The number of amidine groups is 1. The van der Waals surface area contributed by atoms with E-state index < -0.39 is 0 Å². The maximum Gasteiger partial charge on any atom is 0.161 e. The lowest BCUT2D eigenvalue weighted by atomic mass is 9.84. The first kappa shape index (κ1) is 15.2. The second-order valence-corrected chi connectivity index (χ2v) is 6.65. The van der Waals surface area contributed by atoms with Crippen LogP contribution in [-0.2, 0) is 0 Å². The second kappa shape index (κ2) is 6.53. The maximum absolute atomic E-state index is 4.74. The Morgan fingerprint density at radius 1 is 1.20 bits per heavy atom. The van der Waals surface area contributed by atoms with Gasteiger partial charge in [-0.2, -0.15) is 0 Å². The Bertz CT molecular complexity index is 461. The van der Waals surface area contributed by atoms with Crippen molar-refractivity contribution in [1.29, 1.82) is 0 Å². The van der Waals surface area contributed by atoms with E-state index in [0.29, 0.717) is 5.41 Å². The van der Waals surface area contributed by atoms with E-state index in [1.54, 1.807) is 0 Å². The molecule has 0 spiro atoms. The van der Waals surface area contributed by atoms with Crippen LogP contribution in [0.1, 0.15) is 26.7 Å². The molecule has 0 saturated carbocycles. The Morgan fingerprint density at radius 3 is 2.30 bits per heavy atom. The van der Waals surface area contributed by atoms with Crippen molar-refractivity contribution in [2.75, 3.05) is 36.6 Å². The van der Waals surface area contributed by atoms with E-state index in [-0.39, 0.29) is 0 Å². The number of thioether (sulfide) groups is 1. The van der Waals surface area contributed by atoms with Gasteiger partial charge in [0.1, 0.15) is 0 Å². The smallest absolute Gasteiger partial charge is 0.161 e. The lowest BCUT2D eigenvalue weighted by Crippen LogP contribution is -2.32. The first-order valence-electron chi connectivity index (χ1n) is 7.30. The van der Waals surface area contributed by atoms with Crippen LogP contribution in [0.2, 0.25) is 0 Å². The van der Waals surface area contributed by atoms with Gasteiger partial charge in [-0.05, 0) is 42.5 Å². The molecule has 20 heavy (non-hydrogen) atoms. The minimum absolute atomic E-state index is 0.407. The topological polar surface area (TPSA) is 27.6 Å². The van der Waals surface area contributed by atoms with Crippen LogP contribution < -0.4 is 10.2 Å². The summed E-state index contributed by atoms with van der Waals surface area (Å²) in [6.07, 6.45) is 2.43. The molecular formula is C16H25N3S. The van der Waals surface area contributed by atoms with Crippen LogP contribution >= 0.6 is 11.8 Å². The largest absolute Gasteiger partial charge is 0.378 e. The summed E-state index contributed by atoms with van der Waals surface area (Å²) in [5.41, 5.74) is 2.73. The summed E-state index contributed by atoms with van der Waals surface area (Å²) in [4.78, 5) is 6.84. The molecule has 4 heteroatoms. The Hall–Kier alpha value is -1.16. The molecule has 1 heterocycles. The van der Waals surface area contributed by atoms with Crippen molar-refractivity contribution in [2.45, 2.75) is 26.7 Å². The van der Waals surface area contributed by atoms with Crippen molar-refractivity contribution < 1.29 is 0 Å². The molecule has 0 aromatic heterocycles. The number of nitrogens with zero attached hydrogens (tertiary/aromatic N) is 2. The van der Waals surface area contributed by atoms with E-state index >= 15 is 0 Å². The van der Waals surface area contributed by atoms with Gasteiger partial charge in [0, 0.05) is 37.8 Å². The molecule has 0 saturated heterocycles. The van der Waals surface area contributed by atoms with E-state index in [2.05, 4.69) is 62.4 Å². The summed E-state index contributed by atoms with van der Waals surface area (Å²) >= 11 is 1.85. The van der Waals surface area contributed by atoms with Gasteiger partial charge in [0.25, 0.3) is 0 Å². The summed E-state index contributed by atoms with van der Waals surface area (Å²) in [5, 5.41) is 4.48. The number of anilines is 2. The predicted molar refractivity (Wildman–Crippen MR) is 92.2 cm³/mol. The fourth-order valence-electron chi connectivity index (χ4n) is 2.27. The zero-order valence-corrected chi connectivity index (χ0v) is 13.8. The zero-order chi connectivity index (χ0) is 14.6. The quantitative estimate of drug-likeness (QED) is 0.906. The number of hydrogen-bond acceptors (Lipinski definition) is 4. The van der Waals surface area contributed by atoms with Gasteiger partial charge in [-0.1, -0.05) is 25.6 Å². The number of aliphatic imine (C=N–C) groups is 1. The molecule has 3 nitrogen and oxygen atoms in total. The molecule has 0 atom stereocenters. The first-order chi connectivity index (χ1) is 9.58. The summed E-state index contributed by atoms with van der Waals surface area (Å²) < 4.78 is 0. The molecule has 2 rings (SSSR count). The molecule has 0 radical (unpaired) electrons.